The molecule has 0 atom stereocenters. The maximum absolute atomic E-state index is 12.2. The van der Waals surface area contributed by atoms with Gasteiger partial charge in [-0.25, -0.2) is 0 Å². The second-order valence-corrected chi connectivity index (χ2v) is 5.97. The molecule has 0 bridgehead atoms. The lowest BCUT2D eigenvalue weighted by Gasteiger charge is -2.12. The molecule has 25 heavy (non-hydrogen) atoms. The molecule has 1 aliphatic heterocycles. The van der Waals surface area contributed by atoms with Gasteiger partial charge >= 0.3 is 0 Å². The van der Waals surface area contributed by atoms with Crippen molar-refractivity contribution in [3.05, 3.63) is 46.8 Å². The molecule has 134 valence electrons. The molecule has 1 aromatic heterocycles. The van der Waals surface area contributed by atoms with Crippen LogP contribution in [0, 0.1) is 0 Å². The van der Waals surface area contributed by atoms with E-state index in [2.05, 4.69) is 20.8 Å². The quantitative estimate of drug-likeness (QED) is 0.630. The van der Waals surface area contributed by atoms with Crippen LogP contribution in [0.4, 0.5) is 0 Å². The number of benzene rings is 1. The maximum atomic E-state index is 12.2. The van der Waals surface area contributed by atoms with Crippen molar-refractivity contribution in [2.75, 3.05) is 26.8 Å². The minimum absolute atomic E-state index is 0.128. The summed E-state index contributed by atoms with van der Waals surface area (Å²) in [5.41, 5.74) is 3.65. The van der Waals surface area contributed by atoms with Gasteiger partial charge in [0.05, 0.1) is 13.7 Å². The fraction of sp³-hybridized carbons (Fsp3) is 0.444. The van der Waals surface area contributed by atoms with Crippen molar-refractivity contribution in [3.8, 4) is 5.75 Å². The van der Waals surface area contributed by atoms with Crippen LogP contribution < -0.4 is 15.4 Å². The van der Waals surface area contributed by atoms with Crippen LogP contribution in [0.5, 0.6) is 5.75 Å². The number of carbonyl (C=O) groups is 1. The molecule has 7 heteroatoms. The third kappa shape index (κ3) is 4.58. The Kier molecular flexibility index (Phi) is 6.03. The normalized spacial score (nSPS) is 13.3. The zero-order chi connectivity index (χ0) is 17.5. The Bertz CT molecular complexity index is 697. The number of carbonyl (C=O) groups excluding carboxylic acids is 1. The topological polar surface area (TPSA) is 88.3 Å². The van der Waals surface area contributed by atoms with E-state index in [1.165, 1.54) is 0 Å². The van der Waals surface area contributed by atoms with Crippen LogP contribution in [0.2, 0.25) is 0 Å². The number of fused-ring (bicyclic) bond motifs is 1. The minimum Gasteiger partial charge on any atom is -0.497 e. The number of rotatable bonds is 8. The Morgan fingerprint density at radius 3 is 2.96 bits per heavy atom. The Balaban J connectivity index is 1.34. The number of nitrogens with one attached hydrogen (secondary N) is 3. The molecule has 0 unspecified atom stereocenters. The average Bonchev–Trinajstić information content (AvgIpc) is 3.09. The second kappa shape index (κ2) is 8.64. The fourth-order valence-electron chi connectivity index (χ4n) is 2.78. The molecule has 3 rings (SSSR count). The molecule has 2 aromatic rings. The Labute approximate surface area is 147 Å². The first kappa shape index (κ1) is 17.4. The van der Waals surface area contributed by atoms with Crippen LogP contribution in [-0.4, -0.2) is 42.9 Å². The van der Waals surface area contributed by atoms with Gasteiger partial charge in [0.1, 0.15) is 5.75 Å². The minimum atomic E-state index is -0.128. The van der Waals surface area contributed by atoms with Gasteiger partial charge in [-0.2, -0.15) is 5.10 Å². The highest BCUT2D eigenvalue weighted by Gasteiger charge is 2.20. The van der Waals surface area contributed by atoms with Gasteiger partial charge in [-0.15, -0.1) is 0 Å². The summed E-state index contributed by atoms with van der Waals surface area (Å²) in [5, 5.41) is 13.3. The molecular formula is C18H24N4O3. The number of H-pyrrole nitrogens is 1. The number of hydrogen-bond acceptors (Lipinski definition) is 5. The number of ether oxygens (including phenoxy) is 2. The summed E-state index contributed by atoms with van der Waals surface area (Å²) in [4.78, 5) is 12.2. The first-order valence-corrected chi connectivity index (χ1v) is 8.53. The molecule has 0 radical (unpaired) electrons. The number of hydrogen-bond donors (Lipinski definition) is 3. The first-order valence-electron chi connectivity index (χ1n) is 8.53. The van der Waals surface area contributed by atoms with Crippen molar-refractivity contribution in [2.24, 2.45) is 0 Å². The number of aromatic amines is 1. The second-order valence-electron chi connectivity index (χ2n) is 5.97. The number of nitrogens with zero attached hydrogens (tertiary/aromatic N) is 1. The van der Waals surface area contributed by atoms with Gasteiger partial charge in [0.25, 0.3) is 5.91 Å². The lowest BCUT2D eigenvalue weighted by atomic mass is 10.1. The van der Waals surface area contributed by atoms with Crippen molar-refractivity contribution in [3.63, 3.8) is 0 Å². The van der Waals surface area contributed by atoms with Crippen molar-refractivity contribution >= 4 is 5.91 Å². The van der Waals surface area contributed by atoms with E-state index >= 15 is 0 Å². The SMILES string of the molecule is COc1ccc(COCCCNC(=O)c2n[nH]c3c2CNCC3)cc1. The fourth-order valence-corrected chi connectivity index (χ4v) is 2.78. The maximum Gasteiger partial charge on any atom is 0.272 e. The van der Waals surface area contributed by atoms with Crippen molar-refractivity contribution in [2.45, 2.75) is 26.0 Å². The van der Waals surface area contributed by atoms with E-state index in [9.17, 15) is 4.79 Å². The van der Waals surface area contributed by atoms with Crippen molar-refractivity contribution in [1.82, 2.24) is 20.8 Å². The van der Waals surface area contributed by atoms with Gasteiger partial charge in [-0.3, -0.25) is 9.89 Å². The molecular weight excluding hydrogens is 320 g/mol. The molecule has 0 saturated heterocycles. The summed E-state index contributed by atoms with van der Waals surface area (Å²) < 4.78 is 10.8. The number of methoxy groups -OCH3 is 1. The Morgan fingerprint density at radius 1 is 1.32 bits per heavy atom. The summed E-state index contributed by atoms with van der Waals surface area (Å²) in [5.74, 6) is 0.707. The van der Waals surface area contributed by atoms with Crippen LogP contribution in [0.15, 0.2) is 24.3 Å². The zero-order valence-electron chi connectivity index (χ0n) is 14.4. The average molecular weight is 344 g/mol. The van der Waals surface area contributed by atoms with E-state index in [0.29, 0.717) is 32.0 Å². The molecule has 0 fully saturated rings. The summed E-state index contributed by atoms with van der Waals surface area (Å²) >= 11 is 0. The molecule has 7 nitrogen and oxygen atoms in total. The van der Waals surface area contributed by atoms with E-state index in [1.54, 1.807) is 7.11 Å². The monoisotopic (exact) mass is 344 g/mol. The highest BCUT2D eigenvalue weighted by atomic mass is 16.5. The lowest BCUT2D eigenvalue weighted by Crippen LogP contribution is -2.29. The molecule has 3 N–H and O–H groups in total. The highest BCUT2D eigenvalue weighted by Crippen LogP contribution is 2.15. The van der Waals surface area contributed by atoms with Crippen LogP contribution in [0.1, 0.15) is 33.7 Å². The summed E-state index contributed by atoms with van der Waals surface area (Å²) in [6, 6.07) is 7.79. The molecule has 1 amide bonds. The van der Waals surface area contributed by atoms with Gasteiger partial charge < -0.3 is 20.1 Å². The molecule has 0 spiro atoms. The van der Waals surface area contributed by atoms with Crippen molar-refractivity contribution in [1.29, 1.82) is 0 Å². The van der Waals surface area contributed by atoms with E-state index < -0.39 is 0 Å². The largest absolute Gasteiger partial charge is 0.497 e. The smallest absolute Gasteiger partial charge is 0.272 e. The van der Waals surface area contributed by atoms with Crippen LogP contribution in [0.25, 0.3) is 0 Å². The molecule has 0 aliphatic carbocycles. The predicted molar refractivity (Wildman–Crippen MR) is 93.6 cm³/mol. The van der Waals surface area contributed by atoms with Gasteiger partial charge in [-0.1, -0.05) is 12.1 Å². The highest BCUT2D eigenvalue weighted by molar-refractivity contribution is 5.94. The molecule has 0 saturated carbocycles. The van der Waals surface area contributed by atoms with Crippen LogP contribution in [0.3, 0.4) is 0 Å². The number of amides is 1. The summed E-state index contributed by atoms with van der Waals surface area (Å²) in [6.45, 7) is 3.32. The zero-order valence-corrected chi connectivity index (χ0v) is 14.4. The number of aromatic nitrogens is 2. The van der Waals surface area contributed by atoms with Crippen molar-refractivity contribution < 1.29 is 14.3 Å². The molecule has 2 heterocycles. The van der Waals surface area contributed by atoms with Gasteiger partial charge in [0.2, 0.25) is 0 Å². The summed E-state index contributed by atoms with van der Waals surface area (Å²) in [6.07, 6.45) is 1.64. The van der Waals surface area contributed by atoms with Gasteiger partial charge in [0.15, 0.2) is 5.69 Å². The first-order chi connectivity index (χ1) is 12.3. The van der Waals surface area contributed by atoms with E-state index in [4.69, 9.17) is 9.47 Å². The molecule has 1 aromatic carbocycles. The summed E-state index contributed by atoms with van der Waals surface area (Å²) in [7, 11) is 1.65. The standard InChI is InChI=1S/C18H24N4O3/c1-24-14-5-3-13(4-6-14)12-25-10-2-8-20-18(23)17-15-11-19-9-7-16(15)21-22-17/h3-6,19H,2,7-12H2,1H3,(H,20,23)(H,21,22). The Morgan fingerprint density at radius 2 is 2.16 bits per heavy atom. The third-order valence-electron chi connectivity index (χ3n) is 4.20. The predicted octanol–water partition coefficient (Wildman–Crippen LogP) is 1.40. The third-order valence-corrected chi connectivity index (χ3v) is 4.20. The van der Waals surface area contributed by atoms with Gasteiger partial charge in [0, 0.05) is 43.9 Å². The van der Waals surface area contributed by atoms with E-state index in [-0.39, 0.29) is 5.91 Å². The van der Waals surface area contributed by atoms with Crippen LogP contribution in [-0.2, 0) is 24.3 Å². The molecule has 1 aliphatic rings. The van der Waals surface area contributed by atoms with Crippen LogP contribution >= 0.6 is 0 Å². The Hall–Kier alpha value is -2.38. The van der Waals surface area contributed by atoms with Gasteiger partial charge in [-0.05, 0) is 24.1 Å². The van der Waals surface area contributed by atoms with E-state index in [1.807, 2.05) is 24.3 Å². The van der Waals surface area contributed by atoms with E-state index in [0.717, 1.165) is 42.0 Å². The lowest BCUT2D eigenvalue weighted by molar-refractivity contribution is 0.0928.